The number of likely N-dealkylation sites (N-methyl/N-ethyl adjacent to an activating group) is 1. The molecule has 2 aromatic rings. The van der Waals surface area contributed by atoms with Gasteiger partial charge in [-0.15, -0.1) is 0 Å². The van der Waals surface area contributed by atoms with E-state index in [-0.39, 0.29) is 11.8 Å². The fraction of sp³-hybridized carbons (Fsp3) is 0.333. The highest BCUT2D eigenvalue weighted by atomic mass is 35.5. The zero-order valence-electron chi connectivity index (χ0n) is 17.2. The number of carbonyl (C=O) groups excluding carboxylic acids is 2. The van der Waals surface area contributed by atoms with Crippen molar-refractivity contribution in [3.63, 3.8) is 0 Å². The van der Waals surface area contributed by atoms with E-state index in [0.29, 0.717) is 29.3 Å². The molecule has 1 fully saturated rings. The Morgan fingerprint density at radius 2 is 1.53 bits per heavy atom. The lowest BCUT2D eigenvalue weighted by Crippen LogP contribution is -2.47. The Labute approximate surface area is 182 Å². The molecule has 2 heterocycles. The van der Waals surface area contributed by atoms with Crippen LogP contribution in [0, 0.1) is 0 Å². The Balaban J connectivity index is 1.60. The van der Waals surface area contributed by atoms with E-state index in [9.17, 15) is 9.59 Å². The lowest BCUT2D eigenvalue weighted by Gasteiger charge is -2.36. The molecular formula is C24H26ClN3O2. The number of imide groups is 1. The van der Waals surface area contributed by atoms with Gasteiger partial charge in [0.25, 0.3) is 11.8 Å². The minimum atomic E-state index is -0.201. The van der Waals surface area contributed by atoms with Gasteiger partial charge in [-0.2, -0.15) is 0 Å². The van der Waals surface area contributed by atoms with Crippen LogP contribution in [-0.4, -0.2) is 65.8 Å². The lowest BCUT2D eigenvalue weighted by molar-refractivity contribution is -0.137. The predicted molar refractivity (Wildman–Crippen MR) is 119 cm³/mol. The summed E-state index contributed by atoms with van der Waals surface area (Å²) in [7, 11) is 0. The van der Waals surface area contributed by atoms with Gasteiger partial charge in [0, 0.05) is 37.7 Å². The van der Waals surface area contributed by atoms with Crippen LogP contribution in [0.5, 0.6) is 0 Å². The van der Waals surface area contributed by atoms with Crippen LogP contribution in [0.1, 0.15) is 18.1 Å². The maximum atomic E-state index is 13.4. The molecule has 0 N–H and O–H groups in total. The molecule has 1 saturated heterocycles. The second-order valence-electron chi connectivity index (χ2n) is 7.65. The molecule has 0 atom stereocenters. The molecule has 2 aliphatic rings. The van der Waals surface area contributed by atoms with Crippen molar-refractivity contribution in [2.24, 2.45) is 0 Å². The monoisotopic (exact) mass is 423 g/mol. The van der Waals surface area contributed by atoms with Crippen LogP contribution in [0.3, 0.4) is 0 Å². The Kier molecular flexibility index (Phi) is 6.21. The fourth-order valence-corrected chi connectivity index (χ4v) is 4.23. The summed E-state index contributed by atoms with van der Waals surface area (Å²) in [4.78, 5) is 32.6. The highest BCUT2D eigenvalue weighted by Crippen LogP contribution is 2.32. The van der Waals surface area contributed by atoms with Gasteiger partial charge < -0.3 is 9.80 Å². The molecule has 0 spiro atoms. The summed E-state index contributed by atoms with van der Waals surface area (Å²) in [6, 6.07) is 17.1. The van der Waals surface area contributed by atoms with Crippen molar-refractivity contribution < 1.29 is 9.59 Å². The van der Waals surface area contributed by atoms with E-state index >= 15 is 0 Å². The van der Waals surface area contributed by atoms with Crippen molar-refractivity contribution in [3.05, 3.63) is 76.4 Å². The molecule has 0 saturated carbocycles. The van der Waals surface area contributed by atoms with Crippen LogP contribution in [0.2, 0.25) is 5.02 Å². The van der Waals surface area contributed by atoms with E-state index in [1.54, 1.807) is 0 Å². The molecule has 0 radical (unpaired) electrons. The van der Waals surface area contributed by atoms with Crippen molar-refractivity contribution in [2.45, 2.75) is 13.3 Å². The van der Waals surface area contributed by atoms with Gasteiger partial charge in [-0.3, -0.25) is 14.5 Å². The first kappa shape index (κ1) is 20.6. The summed E-state index contributed by atoms with van der Waals surface area (Å²) in [6.07, 6.45) is 0.605. The number of halogens is 1. The molecule has 2 aromatic carbocycles. The van der Waals surface area contributed by atoms with Gasteiger partial charge in [-0.25, -0.2) is 0 Å². The van der Waals surface area contributed by atoms with Crippen LogP contribution < -0.4 is 0 Å². The Bertz CT molecular complexity index is 948. The summed E-state index contributed by atoms with van der Waals surface area (Å²) < 4.78 is 0. The minimum Gasteiger partial charge on any atom is -0.364 e. The second kappa shape index (κ2) is 9.02. The first-order valence-corrected chi connectivity index (χ1v) is 10.8. The van der Waals surface area contributed by atoms with Gasteiger partial charge in [0.2, 0.25) is 0 Å². The molecule has 0 unspecified atom stereocenters. The molecule has 5 nitrogen and oxygen atoms in total. The highest BCUT2D eigenvalue weighted by Gasteiger charge is 2.41. The molecule has 4 rings (SSSR count). The average molecular weight is 424 g/mol. The largest absolute Gasteiger partial charge is 0.364 e. The number of amides is 2. The Hall–Kier alpha value is -2.63. The van der Waals surface area contributed by atoms with Crippen LogP contribution in [0.4, 0.5) is 0 Å². The third-order valence-electron chi connectivity index (χ3n) is 5.88. The highest BCUT2D eigenvalue weighted by molar-refractivity contribution is 6.35. The molecule has 6 heteroatoms. The summed E-state index contributed by atoms with van der Waals surface area (Å²) in [5.41, 5.74) is 2.93. The van der Waals surface area contributed by atoms with E-state index in [4.69, 9.17) is 11.6 Å². The average Bonchev–Trinajstić information content (AvgIpc) is 3.03. The predicted octanol–water partition coefficient (Wildman–Crippen LogP) is 3.30. The van der Waals surface area contributed by atoms with Gasteiger partial charge in [-0.05, 0) is 36.2 Å². The number of nitrogens with zero attached hydrogens (tertiary/aromatic N) is 3. The smallest absolute Gasteiger partial charge is 0.277 e. The molecule has 0 aromatic heterocycles. The summed E-state index contributed by atoms with van der Waals surface area (Å²) in [5.74, 6) is -0.383. The first-order chi connectivity index (χ1) is 14.6. The van der Waals surface area contributed by atoms with Crippen molar-refractivity contribution in [1.82, 2.24) is 14.7 Å². The van der Waals surface area contributed by atoms with Crippen LogP contribution in [-0.2, 0) is 16.0 Å². The number of carbonyl (C=O) groups is 2. The van der Waals surface area contributed by atoms with E-state index < -0.39 is 0 Å². The molecule has 30 heavy (non-hydrogen) atoms. The summed E-state index contributed by atoms with van der Waals surface area (Å²) in [6.45, 7) is 6.80. The van der Waals surface area contributed by atoms with Crippen LogP contribution >= 0.6 is 11.6 Å². The van der Waals surface area contributed by atoms with Gasteiger partial charge in [0.15, 0.2) is 0 Å². The number of benzene rings is 2. The lowest BCUT2D eigenvalue weighted by atomic mass is 10.0. The molecular weight excluding hydrogens is 398 g/mol. The SMILES string of the molecule is CCN1CCN(C2=C(c3ccccc3)C(=O)N(CCc3ccc(Cl)cc3)C2=O)CC1. The minimum absolute atomic E-state index is 0.183. The third kappa shape index (κ3) is 4.13. The van der Waals surface area contributed by atoms with E-state index in [1.807, 2.05) is 54.6 Å². The molecule has 0 aliphatic carbocycles. The van der Waals surface area contributed by atoms with Crippen molar-refractivity contribution in [1.29, 1.82) is 0 Å². The molecule has 156 valence electrons. The van der Waals surface area contributed by atoms with Gasteiger partial charge >= 0.3 is 0 Å². The second-order valence-corrected chi connectivity index (χ2v) is 8.09. The normalized spacial score (nSPS) is 17.9. The Morgan fingerprint density at radius 1 is 0.867 bits per heavy atom. The van der Waals surface area contributed by atoms with Crippen LogP contribution in [0.25, 0.3) is 5.57 Å². The zero-order valence-corrected chi connectivity index (χ0v) is 17.9. The Morgan fingerprint density at radius 3 is 2.17 bits per heavy atom. The first-order valence-electron chi connectivity index (χ1n) is 10.5. The number of piperazine rings is 1. The van der Waals surface area contributed by atoms with Gasteiger partial charge in [0.05, 0.1) is 5.57 Å². The van der Waals surface area contributed by atoms with Crippen molar-refractivity contribution in [3.8, 4) is 0 Å². The zero-order chi connectivity index (χ0) is 21.1. The molecule has 2 amide bonds. The number of hydrogen-bond donors (Lipinski definition) is 0. The number of rotatable bonds is 6. The van der Waals surface area contributed by atoms with Crippen LogP contribution in [0.15, 0.2) is 60.3 Å². The number of hydrogen-bond acceptors (Lipinski definition) is 4. The maximum absolute atomic E-state index is 13.4. The summed E-state index contributed by atoms with van der Waals surface area (Å²) >= 11 is 5.96. The van der Waals surface area contributed by atoms with Crippen molar-refractivity contribution in [2.75, 3.05) is 39.3 Å². The third-order valence-corrected chi connectivity index (χ3v) is 6.13. The maximum Gasteiger partial charge on any atom is 0.277 e. The fourth-order valence-electron chi connectivity index (χ4n) is 4.10. The van der Waals surface area contributed by atoms with E-state index in [1.165, 1.54) is 4.90 Å². The quantitative estimate of drug-likeness (QED) is 0.669. The topological polar surface area (TPSA) is 43.9 Å². The summed E-state index contributed by atoms with van der Waals surface area (Å²) in [5, 5.41) is 0.675. The van der Waals surface area contributed by atoms with Gasteiger partial charge in [0.1, 0.15) is 5.70 Å². The standard InChI is InChI=1S/C24H26ClN3O2/c1-2-26-14-16-27(17-15-26)22-21(19-6-4-3-5-7-19)23(29)28(24(22)30)13-12-18-8-10-20(25)11-9-18/h3-11H,2,12-17H2,1H3. The van der Waals surface area contributed by atoms with Crippen molar-refractivity contribution >= 4 is 29.0 Å². The molecule has 2 aliphatic heterocycles. The molecule has 0 bridgehead atoms. The van der Waals surface area contributed by atoms with Gasteiger partial charge in [-0.1, -0.05) is 61.0 Å². The van der Waals surface area contributed by atoms with E-state index in [0.717, 1.165) is 43.9 Å². The van der Waals surface area contributed by atoms with E-state index in [2.05, 4.69) is 16.7 Å².